The molecule has 5 aliphatic carbocycles. The Balaban J connectivity index is 0.510. The number of aromatic hydroxyl groups is 2. The number of carbonyl (C=O) groups is 4. The molecule has 4 aromatic rings. The number of benzene rings is 3. The predicted octanol–water partition coefficient (Wildman–Crippen LogP) is 3.40. The van der Waals surface area contributed by atoms with E-state index in [9.17, 15) is 39.6 Å². The largest absolute Gasteiger partial charge is 0.504 e. The molecule has 0 unspecified atom stereocenters. The maximum atomic E-state index is 13.2. The monoisotopic (exact) mass is 1060 g/mol. The Labute approximate surface area is 446 Å². The number of amides is 4. The molecule has 4 amide bonds. The second kappa shape index (κ2) is 19.1. The van der Waals surface area contributed by atoms with Crippen molar-refractivity contribution < 1.29 is 58.6 Å². The topological polar surface area (TPSA) is 257 Å². The normalized spacial score (nSPS) is 30.6. The van der Waals surface area contributed by atoms with Gasteiger partial charge in [-0.15, -0.1) is 0 Å². The lowest BCUT2D eigenvalue weighted by Crippen LogP contribution is -2.77. The molecule has 19 heteroatoms. The molecule has 3 aromatic carbocycles. The lowest BCUT2D eigenvalue weighted by molar-refractivity contribution is -0.187. The van der Waals surface area contributed by atoms with Crippen LogP contribution < -0.4 is 30.7 Å². The fourth-order valence-corrected chi connectivity index (χ4v) is 15.9. The van der Waals surface area contributed by atoms with E-state index in [4.69, 9.17) is 18.9 Å². The van der Waals surface area contributed by atoms with Gasteiger partial charge < -0.3 is 70.5 Å². The number of para-hydroxylation sites is 1. The molecule has 2 saturated carbocycles. The molecule has 9 N–H and O–H groups in total. The van der Waals surface area contributed by atoms with Gasteiger partial charge in [0.15, 0.2) is 29.1 Å². The number of aromatic amines is 1. The minimum atomic E-state index is -1.13. The number of nitrogens with one attached hydrogen (secondary N) is 5. The molecule has 19 nitrogen and oxygen atoms in total. The standard InChI is InChI=1S/C58H71N7O12/c1-64-22-18-55-47-33-12-14-39(66)51(47)76-53(55)38(16-17-57(55,72)41(64)24-33)62-46(71)31-75-29-44(69)60-21-6-4-2-3-5-20-59-43(68)28-74-30-45(70)61-37-9-7-8-35-36-26-58(73)42-25-34-13-15-40(67)52-48(34)56(58,19-23-65(42)27-32-10-11-32)54(77-52)50(36)63-49(35)37/h7-9,12-15,32,38,41-42,53-54,63,66-67,72-73H,2-6,10-11,16-31H2,1H3,(H,59,68)(H,60,69)(H,61,70)(H,62,71)/t38-,41+,42-,53-,54-,55-,56-,57+,58+/m0/s1. The number of ether oxygens (including phenoxy) is 4. The van der Waals surface area contributed by atoms with Crippen LogP contribution in [-0.4, -0.2) is 160 Å². The molecular formula is C58H71N7O12. The Morgan fingerprint density at radius 1 is 0.714 bits per heavy atom. The highest BCUT2D eigenvalue weighted by molar-refractivity contribution is 6.03. The van der Waals surface area contributed by atoms with Crippen molar-refractivity contribution in [3.8, 4) is 23.0 Å². The van der Waals surface area contributed by atoms with Crippen LogP contribution in [0.25, 0.3) is 10.9 Å². The third-order valence-corrected chi connectivity index (χ3v) is 19.5. The Morgan fingerprint density at radius 3 is 2.06 bits per heavy atom. The van der Waals surface area contributed by atoms with E-state index >= 15 is 0 Å². The van der Waals surface area contributed by atoms with Gasteiger partial charge in [-0.3, -0.25) is 24.1 Å². The molecule has 1 aromatic heterocycles. The van der Waals surface area contributed by atoms with E-state index in [0.29, 0.717) is 81.1 Å². The lowest BCUT2D eigenvalue weighted by Gasteiger charge is -2.63. The maximum Gasteiger partial charge on any atom is 0.250 e. The minimum Gasteiger partial charge on any atom is -0.504 e. The molecule has 2 saturated heterocycles. The molecule has 2 spiro atoms. The summed E-state index contributed by atoms with van der Waals surface area (Å²) in [4.78, 5) is 59.8. The van der Waals surface area contributed by atoms with Gasteiger partial charge in [-0.2, -0.15) is 0 Å². The van der Waals surface area contributed by atoms with Crippen molar-refractivity contribution in [1.82, 2.24) is 30.7 Å². The molecular weight excluding hydrogens is 987 g/mol. The Hall–Kier alpha value is -5.96. The number of rotatable bonds is 20. The number of anilines is 1. The van der Waals surface area contributed by atoms with Crippen LogP contribution in [0.2, 0.25) is 0 Å². The third kappa shape index (κ3) is 7.94. The van der Waals surface area contributed by atoms with Gasteiger partial charge in [0, 0.05) is 54.7 Å². The number of carbonyl (C=O) groups excluding carboxylic acids is 4. The van der Waals surface area contributed by atoms with Crippen LogP contribution in [0, 0.1) is 5.92 Å². The van der Waals surface area contributed by atoms with E-state index in [-0.39, 0.29) is 67.7 Å². The van der Waals surface area contributed by atoms with Gasteiger partial charge in [0.1, 0.15) is 32.5 Å². The fraction of sp³-hybridized carbons (Fsp3) is 0.586. The van der Waals surface area contributed by atoms with Crippen molar-refractivity contribution in [2.45, 2.75) is 142 Å². The quantitative estimate of drug-likeness (QED) is 0.0576. The molecule has 5 heterocycles. The summed E-state index contributed by atoms with van der Waals surface area (Å²) < 4.78 is 24.2. The molecule has 4 bridgehead atoms. The van der Waals surface area contributed by atoms with E-state index in [2.05, 4.69) is 36.1 Å². The average Bonchev–Trinajstić information content (AvgIpc) is 3.73. The summed E-state index contributed by atoms with van der Waals surface area (Å²) in [6, 6.07) is 12.4. The Morgan fingerprint density at radius 2 is 1.35 bits per heavy atom. The van der Waals surface area contributed by atoms with Crippen LogP contribution in [0.15, 0.2) is 42.5 Å². The number of hydrogen-bond donors (Lipinski definition) is 9. The SMILES string of the molecule is CN1CC[C@]23c4c5ccc(O)c4O[C@H]2[C@@H](NC(=O)COCC(=O)NCCCCCCCNC(=O)COCC(=O)Nc2cccc4c6c([nH]c24)[C@@H]2Oc4c(O)ccc7c4[C@@]24CCN(CC2CC2)[C@@H](C7)[C@]4(O)C6)CC[C@@]3(O)[C@H]1C5. The van der Waals surface area contributed by atoms with Crippen LogP contribution in [0.1, 0.15) is 110 Å². The zero-order valence-electron chi connectivity index (χ0n) is 43.7. The predicted molar refractivity (Wildman–Crippen MR) is 281 cm³/mol. The summed E-state index contributed by atoms with van der Waals surface area (Å²) in [5, 5.41) is 60.0. The molecule has 9 aliphatic rings. The van der Waals surface area contributed by atoms with E-state index in [1.165, 1.54) is 12.8 Å². The van der Waals surface area contributed by atoms with Crippen LogP contribution in [0.4, 0.5) is 5.69 Å². The first kappa shape index (κ1) is 50.5. The number of piperidine rings is 2. The molecule has 77 heavy (non-hydrogen) atoms. The number of aromatic nitrogens is 1. The van der Waals surface area contributed by atoms with Crippen LogP contribution in [0.3, 0.4) is 0 Å². The van der Waals surface area contributed by atoms with Gasteiger partial charge in [0.05, 0.1) is 45.0 Å². The second-order valence-electron chi connectivity index (χ2n) is 23.7. The highest BCUT2D eigenvalue weighted by atomic mass is 16.5. The number of fused-ring (bicyclic) bond motifs is 4. The van der Waals surface area contributed by atoms with Gasteiger partial charge in [0.2, 0.25) is 23.6 Å². The second-order valence-corrected chi connectivity index (χ2v) is 23.7. The molecule has 4 aliphatic heterocycles. The fourth-order valence-electron chi connectivity index (χ4n) is 15.9. The summed E-state index contributed by atoms with van der Waals surface area (Å²) in [7, 11) is 2.04. The first-order valence-electron chi connectivity index (χ1n) is 28.1. The Kier molecular flexibility index (Phi) is 12.6. The smallest absolute Gasteiger partial charge is 0.250 e. The minimum absolute atomic E-state index is 0.0427. The number of nitrogens with zero attached hydrogens (tertiary/aromatic N) is 2. The number of likely N-dealkylation sites (N-methyl/N-ethyl adjacent to an activating group) is 1. The first-order chi connectivity index (χ1) is 37.2. The van der Waals surface area contributed by atoms with Crippen LogP contribution in [-0.2, 0) is 58.7 Å². The number of H-pyrrole nitrogens is 1. The van der Waals surface area contributed by atoms with Gasteiger partial charge in [-0.1, -0.05) is 43.5 Å². The summed E-state index contributed by atoms with van der Waals surface area (Å²) in [6.07, 6.45) is 9.69. The summed E-state index contributed by atoms with van der Waals surface area (Å²) >= 11 is 0. The van der Waals surface area contributed by atoms with E-state index < -0.39 is 46.2 Å². The van der Waals surface area contributed by atoms with Crippen LogP contribution >= 0.6 is 0 Å². The van der Waals surface area contributed by atoms with E-state index in [0.717, 1.165) is 96.2 Å². The van der Waals surface area contributed by atoms with E-state index in [1.807, 2.05) is 37.4 Å². The summed E-state index contributed by atoms with van der Waals surface area (Å²) in [5.74, 6) is 0.276. The number of phenols is 2. The number of likely N-dealkylation sites (tertiary alicyclic amines) is 2. The average molecular weight is 1060 g/mol. The summed E-state index contributed by atoms with van der Waals surface area (Å²) in [5.41, 5.74) is 3.48. The highest BCUT2D eigenvalue weighted by Gasteiger charge is 2.74. The zero-order chi connectivity index (χ0) is 53.0. The van der Waals surface area contributed by atoms with Crippen molar-refractivity contribution in [1.29, 1.82) is 0 Å². The zero-order valence-corrected chi connectivity index (χ0v) is 43.7. The maximum absolute atomic E-state index is 13.2. The van der Waals surface area contributed by atoms with Gasteiger partial charge in [0.25, 0.3) is 0 Å². The highest BCUT2D eigenvalue weighted by Crippen LogP contribution is 2.70. The first-order valence-corrected chi connectivity index (χ1v) is 28.1. The molecule has 9 atom stereocenters. The van der Waals surface area contributed by atoms with Crippen molar-refractivity contribution in [2.24, 2.45) is 5.92 Å². The third-order valence-electron chi connectivity index (χ3n) is 19.5. The number of aliphatic hydroxyl groups is 2. The van der Waals surface area contributed by atoms with Gasteiger partial charge in [-0.05, 0) is 125 Å². The molecule has 0 radical (unpaired) electrons. The molecule has 4 fully saturated rings. The number of phenolic OH excluding ortho intramolecular Hbond substituents is 2. The number of hydrogen-bond acceptors (Lipinski definition) is 14. The van der Waals surface area contributed by atoms with Crippen molar-refractivity contribution in [3.05, 3.63) is 76.0 Å². The van der Waals surface area contributed by atoms with Crippen molar-refractivity contribution >= 4 is 40.2 Å². The van der Waals surface area contributed by atoms with E-state index in [1.54, 1.807) is 12.1 Å². The van der Waals surface area contributed by atoms with Crippen LogP contribution in [0.5, 0.6) is 23.0 Å². The lowest BCUT2D eigenvalue weighted by atomic mass is 9.48. The number of unbranched alkanes of at least 4 members (excludes halogenated alkanes) is 4. The van der Waals surface area contributed by atoms with Crippen molar-refractivity contribution in [2.75, 3.05) is 71.5 Å². The molecule has 13 rings (SSSR count). The summed E-state index contributed by atoms with van der Waals surface area (Å²) in [6.45, 7) is 2.39. The van der Waals surface area contributed by atoms with Gasteiger partial charge in [-0.25, -0.2) is 0 Å². The van der Waals surface area contributed by atoms with Crippen molar-refractivity contribution in [3.63, 3.8) is 0 Å². The Bertz CT molecular complexity index is 3050. The van der Waals surface area contributed by atoms with Gasteiger partial charge >= 0.3 is 0 Å². The molecule has 410 valence electrons.